The molecule has 1 aliphatic heterocycles. The minimum atomic E-state index is 0. The lowest BCUT2D eigenvalue weighted by Gasteiger charge is -2.41. The molecule has 204 valence electrons. The van der Waals surface area contributed by atoms with E-state index in [-0.39, 0.29) is 24.8 Å². The molecule has 5 rings (SSSR count). The molecule has 5 nitrogen and oxygen atoms in total. The number of nitrogens with one attached hydrogen (secondary N) is 1. The standard InChI is InChI=1S/C30H39NO4.2ClH/c1-6-18-11-19-7-8-20-14-27(32-2)29(34-4)16-24(20)23(19)12-22(18)13-26-25-17-30(35-5)28(33-3)15-21(25)9-10-31-26;;/h14-17,19,23,26,31H,6-13H2,1-5H3;2*1H/t19?,23-,26-;;/m1../s1. The van der Waals surface area contributed by atoms with E-state index in [4.69, 9.17) is 18.9 Å². The second kappa shape index (κ2) is 12.6. The lowest BCUT2D eigenvalue weighted by atomic mass is 9.65. The summed E-state index contributed by atoms with van der Waals surface area (Å²) in [5.41, 5.74) is 8.94. The van der Waals surface area contributed by atoms with Crippen LogP contribution in [0.1, 0.15) is 73.2 Å². The summed E-state index contributed by atoms with van der Waals surface area (Å²) in [7, 11) is 6.90. The highest BCUT2D eigenvalue weighted by Crippen LogP contribution is 2.51. The van der Waals surface area contributed by atoms with Gasteiger partial charge < -0.3 is 24.3 Å². The third kappa shape index (κ3) is 5.55. The number of benzene rings is 2. The molecule has 0 saturated heterocycles. The zero-order valence-corrected chi connectivity index (χ0v) is 24.3. The third-order valence-corrected chi connectivity index (χ3v) is 8.56. The number of ether oxygens (including phenoxy) is 4. The van der Waals surface area contributed by atoms with Gasteiger partial charge in [0.05, 0.1) is 28.4 Å². The fourth-order valence-electron chi connectivity index (χ4n) is 6.71. The van der Waals surface area contributed by atoms with Crippen LogP contribution in [0, 0.1) is 5.92 Å². The van der Waals surface area contributed by atoms with Gasteiger partial charge >= 0.3 is 0 Å². The Hall–Kier alpha value is -2.08. The molecule has 0 fully saturated rings. The Morgan fingerprint density at radius 1 is 0.730 bits per heavy atom. The highest BCUT2D eigenvalue weighted by atomic mass is 35.5. The number of halogens is 2. The predicted octanol–water partition coefficient (Wildman–Crippen LogP) is 6.99. The van der Waals surface area contributed by atoms with E-state index in [0.717, 1.165) is 67.6 Å². The molecule has 3 atom stereocenters. The van der Waals surface area contributed by atoms with E-state index in [0.29, 0.717) is 12.0 Å². The van der Waals surface area contributed by atoms with Crippen molar-refractivity contribution in [3.63, 3.8) is 0 Å². The first-order valence-electron chi connectivity index (χ1n) is 13.0. The highest BCUT2D eigenvalue weighted by molar-refractivity contribution is 5.85. The van der Waals surface area contributed by atoms with Crippen LogP contribution in [0.15, 0.2) is 35.4 Å². The molecule has 0 aromatic heterocycles. The minimum Gasteiger partial charge on any atom is -0.493 e. The number of aryl methyl sites for hydroxylation is 1. The average Bonchev–Trinajstić information content (AvgIpc) is 2.91. The number of hydrogen-bond donors (Lipinski definition) is 1. The van der Waals surface area contributed by atoms with E-state index < -0.39 is 0 Å². The Balaban J connectivity index is 0.00000190. The van der Waals surface area contributed by atoms with Crippen molar-refractivity contribution in [2.45, 2.75) is 63.8 Å². The van der Waals surface area contributed by atoms with Crippen molar-refractivity contribution in [3.05, 3.63) is 57.7 Å². The molecule has 37 heavy (non-hydrogen) atoms. The van der Waals surface area contributed by atoms with Crippen LogP contribution in [0.3, 0.4) is 0 Å². The second-order valence-electron chi connectivity index (χ2n) is 10.1. The first-order chi connectivity index (χ1) is 17.1. The summed E-state index contributed by atoms with van der Waals surface area (Å²) in [5, 5.41) is 3.81. The number of fused-ring (bicyclic) bond motifs is 4. The van der Waals surface area contributed by atoms with E-state index in [1.165, 1.54) is 35.1 Å². The lowest BCUT2D eigenvalue weighted by molar-refractivity contribution is 0.324. The number of rotatable bonds is 7. The summed E-state index contributed by atoms with van der Waals surface area (Å²) in [6.45, 7) is 3.32. The molecule has 0 bridgehead atoms. The largest absolute Gasteiger partial charge is 0.493 e. The van der Waals surface area contributed by atoms with Crippen LogP contribution in [-0.4, -0.2) is 35.0 Å². The molecule has 1 unspecified atom stereocenters. The van der Waals surface area contributed by atoms with E-state index in [9.17, 15) is 0 Å². The topological polar surface area (TPSA) is 49.0 Å². The fraction of sp³-hybridized carbons (Fsp3) is 0.533. The van der Waals surface area contributed by atoms with E-state index >= 15 is 0 Å². The van der Waals surface area contributed by atoms with E-state index in [2.05, 4.69) is 36.5 Å². The Kier molecular flexibility index (Phi) is 10.1. The van der Waals surface area contributed by atoms with E-state index in [1.54, 1.807) is 39.6 Å². The Labute approximate surface area is 234 Å². The van der Waals surface area contributed by atoms with Crippen molar-refractivity contribution in [1.82, 2.24) is 5.32 Å². The number of allylic oxidation sites excluding steroid dienone is 1. The normalized spacial score (nSPS) is 21.9. The fourth-order valence-corrected chi connectivity index (χ4v) is 6.71. The summed E-state index contributed by atoms with van der Waals surface area (Å²) < 4.78 is 22.5. The van der Waals surface area contributed by atoms with Gasteiger partial charge in [-0.2, -0.15) is 0 Å². The molecule has 0 radical (unpaired) electrons. The molecule has 2 aromatic carbocycles. The van der Waals surface area contributed by atoms with Gasteiger partial charge in [0.15, 0.2) is 23.0 Å². The Morgan fingerprint density at radius 3 is 1.89 bits per heavy atom. The monoisotopic (exact) mass is 549 g/mol. The van der Waals surface area contributed by atoms with Gasteiger partial charge in [0, 0.05) is 6.04 Å². The molecule has 0 saturated carbocycles. The molecule has 1 heterocycles. The van der Waals surface area contributed by atoms with Gasteiger partial charge in [-0.1, -0.05) is 18.1 Å². The van der Waals surface area contributed by atoms with Crippen LogP contribution in [0.25, 0.3) is 0 Å². The Bertz CT molecular complexity index is 1130. The summed E-state index contributed by atoms with van der Waals surface area (Å²) in [6.07, 6.45) is 7.95. The van der Waals surface area contributed by atoms with Crippen molar-refractivity contribution in [3.8, 4) is 23.0 Å². The predicted molar refractivity (Wildman–Crippen MR) is 154 cm³/mol. The Morgan fingerprint density at radius 2 is 1.30 bits per heavy atom. The van der Waals surface area contributed by atoms with Gasteiger partial charge in [-0.15, -0.1) is 24.8 Å². The summed E-state index contributed by atoms with van der Waals surface area (Å²) in [6, 6.07) is 9.13. The molecular weight excluding hydrogens is 509 g/mol. The van der Waals surface area contributed by atoms with Crippen LogP contribution in [0.4, 0.5) is 0 Å². The van der Waals surface area contributed by atoms with Gasteiger partial charge in [0.1, 0.15) is 0 Å². The number of methoxy groups -OCH3 is 4. The van der Waals surface area contributed by atoms with Crippen molar-refractivity contribution in [2.75, 3.05) is 35.0 Å². The van der Waals surface area contributed by atoms with Crippen molar-refractivity contribution in [2.24, 2.45) is 5.92 Å². The van der Waals surface area contributed by atoms with Crippen LogP contribution in [0.2, 0.25) is 0 Å². The zero-order chi connectivity index (χ0) is 24.5. The van der Waals surface area contributed by atoms with Crippen molar-refractivity contribution < 1.29 is 18.9 Å². The van der Waals surface area contributed by atoms with Crippen LogP contribution >= 0.6 is 24.8 Å². The average molecular weight is 551 g/mol. The molecule has 2 aliphatic carbocycles. The summed E-state index contributed by atoms with van der Waals surface area (Å²) in [5.74, 6) is 4.60. The number of hydrogen-bond acceptors (Lipinski definition) is 5. The summed E-state index contributed by atoms with van der Waals surface area (Å²) in [4.78, 5) is 0. The summed E-state index contributed by atoms with van der Waals surface area (Å²) >= 11 is 0. The van der Waals surface area contributed by atoms with Crippen molar-refractivity contribution in [1.29, 1.82) is 0 Å². The molecule has 1 N–H and O–H groups in total. The van der Waals surface area contributed by atoms with Crippen LogP contribution in [0.5, 0.6) is 23.0 Å². The maximum atomic E-state index is 5.68. The molecule has 3 aliphatic rings. The molecule has 2 aromatic rings. The van der Waals surface area contributed by atoms with Crippen LogP contribution < -0.4 is 24.3 Å². The smallest absolute Gasteiger partial charge is 0.161 e. The van der Waals surface area contributed by atoms with Gasteiger partial charge in [-0.3, -0.25) is 0 Å². The highest BCUT2D eigenvalue weighted by Gasteiger charge is 2.36. The first kappa shape index (κ1) is 29.5. The minimum absolute atomic E-state index is 0. The first-order valence-corrected chi connectivity index (χ1v) is 13.0. The van der Waals surface area contributed by atoms with Crippen molar-refractivity contribution >= 4 is 24.8 Å². The lowest BCUT2D eigenvalue weighted by Crippen LogP contribution is -2.32. The second-order valence-corrected chi connectivity index (χ2v) is 10.1. The molecular formula is C30H41Cl2NO4. The SMILES string of the molecule is CCC1=C(C[C@H]2NCCc3cc(OC)c(OC)cc32)C[C@H]2c3cc(OC)c(OC)cc3CCC2C1.Cl.Cl. The third-order valence-electron chi connectivity index (χ3n) is 8.56. The van der Waals surface area contributed by atoms with Gasteiger partial charge in [0.2, 0.25) is 0 Å². The van der Waals surface area contributed by atoms with Gasteiger partial charge in [-0.25, -0.2) is 0 Å². The maximum absolute atomic E-state index is 5.68. The van der Waals surface area contributed by atoms with Gasteiger partial charge in [0.25, 0.3) is 0 Å². The molecule has 7 heteroatoms. The molecule has 0 spiro atoms. The zero-order valence-electron chi connectivity index (χ0n) is 22.6. The quantitative estimate of drug-likeness (QED) is 0.377. The van der Waals surface area contributed by atoms with E-state index in [1.807, 2.05) is 0 Å². The maximum Gasteiger partial charge on any atom is 0.161 e. The van der Waals surface area contributed by atoms with Gasteiger partial charge in [-0.05, 0) is 110 Å². The van der Waals surface area contributed by atoms with Crippen LogP contribution in [-0.2, 0) is 12.8 Å². The molecule has 0 amide bonds.